The molecule has 0 radical (unpaired) electrons. The standard InChI is InChI=1S/C12H11N3O4/c1-19-11-3-2-9(8-16)6-10(11)7-14-5-4-12(13-14)15(17)18/h2-6,8H,7H2,1H3. The average molecular weight is 261 g/mol. The summed E-state index contributed by atoms with van der Waals surface area (Å²) in [7, 11) is 1.52. The summed E-state index contributed by atoms with van der Waals surface area (Å²) in [6.45, 7) is 0.290. The van der Waals surface area contributed by atoms with E-state index < -0.39 is 4.92 Å². The first kappa shape index (κ1) is 12.7. The lowest BCUT2D eigenvalue weighted by atomic mass is 10.1. The third-order valence-corrected chi connectivity index (χ3v) is 2.59. The van der Waals surface area contributed by atoms with Gasteiger partial charge in [-0.2, -0.15) is 4.68 Å². The predicted octanol–water partition coefficient (Wildman–Crippen LogP) is 1.66. The summed E-state index contributed by atoms with van der Waals surface area (Å²) in [5, 5.41) is 14.4. The topological polar surface area (TPSA) is 87.3 Å². The van der Waals surface area contributed by atoms with Crippen molar-refractivity contribution in [1.82, 2.24) is 9.78 Å². The molecule has 0 bridgehead atoms. The summed E-state index contributed by atoms with van der Waals surface area (Å²) in [5.74, 6) is 0.384. The van der Waals surface area contributed by atoms with Crippen LogP contribution in [0.5, 0.6) is 5.75 Å². The zero-order valence-electron chi connectivity index (χ0n) is 10.1. The summed E-state index contributed by atoms with van der Waals surface area (Å²) in [4.78, 5) is 20.7. The van der Waals surface area contributed by atoms with E-state index in [9.17, 15) is 14.9 Å². The number of methoxy groups -OCH3 is 1. The number of hydrogen-bond acceptors (Lipinski definition) is 5. The molecule has 0 saturated heterocycles. The first-order chi connectivity index (χ1) is 9.13. The molecule has 7 heteroatoms. The van der Waals surface area contributed by atoms with Gasteiger partial charge in [-0.1, -0.05) is 0 Å². The van der Waals surface area contributed by atoms with E-state index in [0.717, 1.165) is 11.8 Å². The number of carbonyl (C=O) groups excluding carboxylic acids is 1. The van der Waals surface area contributed by atoms with Crippen LogP contribution in [0.2, 0.25) is 0 Å². The maximum atomic E-state index is 10.8. The minimum absolute atomic E-state index is 0.217. The van der Waals surface area contributed by atoms with Crippen molar-refractivity contribution in [3.63, 3.8) is 0 Å². The summed E-state index contributed by atoms with van der Waals surface area (Å²) in [6, 6.07) is 6.30. The smallest absolute Gasteiger partial charge is 0.389 e. The molecule has 0 fully saturated rings. The Balaban J connectivity index is 2.30. The molecule has 7 nitrogen and oxygen atoms in total. The largest absolute Gasteiger partial charge is 0.496 e. The van der Waals surface area contributed by atoms with Crippen LogP contribution < -0.4 is 4.74 Å². The van der Waals surface area contributed by atoms with Crippen molar-refractivity contribution in [2.75, 3.05) is 7.11 Å². The molecule has 0 unspecified atom stereocenters. The zero-order valence-corrected chi connectivity index (χ0v) is 10.1. The van der Waals surface area contributed by atoms with Gasteiger partial charge >= 0.3 is 5.82 Å². The number of aldehydes is 1. The van der Waals surface area contributed by atoms with Gasteiger partial charge in [-0.3, -0.25) is 4.79 Å². The zero-order chi connectivity index (χ0) is 13.8. The van der Waals surface area contributed by atoms with Crippen LogP contribution in [0.1, 0.15) is 15.9 Å². The van der Waals surface area contributed by atoms with E-state index in [4.69, 9.17) is 4.74 Å². The molecular formula is C12H11N3O4. The number of aromatic nitrogens is 2. The Hall–Kier alpha value is -2.70. The first-order valence-corrected chi connectivity index (χ1v) is 5.44. The van der Waals surface area contributed by atoms with E-state index in [2.05, 4.69) is 5.10 Å². The molecule has 0 spiro atoms. The second-order valence-electron chi connectivity index (χ2n) is 3.82. The number of rotatable bonds is 5. The van der Waals surface area contributed by atoms with Crippen LogP contribution in [0.3, 0.4) is 0 Å². The fraction of sp³-hybridized carbons (Fsp3) is 0.167. The summed E-state index contributed by atoms with van der Waals surface area (Å²) in [6.07, 6.45) is 2.24. The molecule has 1 aromatic carbocycles. The highest BCUT2D eigenvalue weighted by atomic mass is 16.6. The first-order valence-electron chi connectivity index (χ1n) is 5.44. The van der Waals surface area contributed by atoms with Crippen LogP contribution in [-0.2, 0) is 6.54 Å². The summed E-state index contributed by atoms with van der Waals surface area (Å²) >= 11 is 0. The normalized spacial score (nSPS) is 10.2. The van der Waals surface area contributed by atoms with Crippen molar-refractivity contribution in [3.8, 4) is 5.75 Å². The Morgan fingerprint density at radius 1 is 1.47 bits per heavy atom. The summed E-state index contributed by atoms with van der Waals surface area (Å²) in [5.41, 5.74) is 1.24. The van der Waals surface area contributed by atoms with E-state index in [1.807, 2.05) is 0 Å². The van der Waals surface area contributed by atoms with Crippen molar-refractivity contribution in [3.05, 3.63) is 51.7 Å². The molecule has 0 amide bonds. The monoisotopic (exact) mass is 261 g/mol. The van der Waals surface area contributed by atoms with Crippen LogP contribution in [0.4, 0.5) is 5.82 Å². The number of benzene rings is 1. The molecule has 2 aromatic rings. The Kier molecular flexibility index (Phi) is 3.56. The molecule has 98 valence electrons. The number of nitrogens with zero attached hydrogens (tertiary/aromatic N) is 3. The van der Waals surface area contributed by atoms with E-state index in [1.54, 1.807) is 18.2 Å². The molecular weight excluding hydrogens is 250 g/mol. The fourth-order valence-corrected chi connectivity index (χ4v) is 1.71. The van der Waals surface area contributed by atoms with E-state index in [-0.39, 0.29) is 5.82 Å². The highest BCUT2D eigenvalue weighted by Crippen LogP contribution is 2.20. The quantitative estimate of drug-likeness (QED) is 0.464. The highest BCUT2D eigenvalue weighted by molar-refractivity contribution is 5.75. The molecule has 0 aliphatic carbocycles. The fourth-order valence-electron chi connectivity index (χ4n) is 1.71. The SMILES string of the molecule is COc1ccc(C=O)cc1Cn1ccc([N+](=O)[O-])n1. The van der Waals surface area contributed by atoms with Gasteiger partial charge in [0.1, 0.15) is 12.0 Å². The van der Waals surface area contributed by atoms with Gasteiger partial charge in [-0.15, -0.1) is 0 Å². The lowest BCUT2D eigenvalue weighted by Gasteiger charge is -2.07. The van der Waals surface area contributed by atoms with Crippen LogP contribution in [0.25, 0.3) is 0 Å². The third kappa shape index (κ3) is 2.76. The predicted molar refractivity (Wildman–Crippen MR) is 66.4 cm³/mol. The summed E-state index contributed by atoms with van der Waals surface area (Å²) < 4.78 is 6.60. The van der Waals surface area contributed by atoms with Gasteiger partial charge in [-0.25, -0.2) is 0 Å². The molecule has 0 N–H and O–H groups in total. The van der Waals surface area contributed by atoms with Gasteiger partial charge < -0.3 is 14.9 Å². The van der Waals surface area contributed by atoms with Gasteiger partial charge in [0.15, 0.2) is 0 Å². The van der Waals surface area contributed by atoms with Gasteiger partial charge in [0, 0.05) is 11.1 Å². The van der Waals surface area contributed by atoms with E-state index in [1.165, 1.54) is 24.1 Å². The van der Waals surface area contributed by atoms with Gasteiger partial charge in [-0.05, 0) is 23.1 Å². The van der Waals surface area contributed by atoms with E-state index in [0.29, 0.717) is 17.9 Å². The maximum Gasteiger partial charge on any atom is 0.389 e. The van der Waals surface area contributed by atoms with Crippen molar-refractivity contribution >= 4 is 12.1 Å². The maximum absolute atomic E-state index is 10.8. The van der Waals surface area contributed by atoms with Crippen molar-refractivity contribution in [1.29, 1.82) is 0 Å². The Morgan fingerprint density at radius 3 is 2.84 bits per heavy atom. The molecule has 0 saturated carbocycles. The second kappa shape index (κ2) is 5.30. The Morgan fingerprint density at radius 2 is 2.26 bits per heavy atom. The highest BCUT2D eigenvalue weighted by Gasteiger charge is 2.13. The lowest BCUT2D eigenvalue weighted by Crippen LogP contribution is -2.04. The molecule has 19 heavy (non-hydrogen) atoms. The van der Waals surface area contributed by atoms with Crippen molar-refractivity contribution in [2.24, 2.45) is 0 Å². The van der Waals surface area contributed by atoms with Crippen LogP contribution in [0.15, 0.2) is 30.5 Å². The minimum atomic E-state index is -0.560. The molecule has 1 heterocycles. The van der Waals surface area contributed by atoms with Crippen LogP contribution >= 0.6 is 0 Å². The van der Waals surface area contributed by atoms with Crippen LogP contribution in [0, 0.1) is 10.1 Å². The molecule has 2 rings (SSSR count). The molecule has 0 atom stereocenters. The number of ether oxygens (including phenoxy) is 1. The number of carbonyl (C=O) groups is 1. The second-order valence-corrected chi connectivity index (χ2v) is 3.82. The van der Waals surface area contributed by atoms with Crippen LogP contribution in [-0.4, -0.2) is 28.1 Å². The lowest BCUT2D eigenvalue weighted by molar-refractivity contribution is -0.389. The molecule has 0 aliphatic rings. The van der Waals surface area contributed by atoms with Crippen molar-refractivity contribution in [2.45, 2.75) is 6.54 Å². The van der Waals surface area contributed by atoms with E-state index >= 15 is 0 Å². The molecule has 0 aliphatic heterocycles. The van der Waals surface area contributed by atoms with Gasteiger partial charge in [0.05, 0.1) is 31.0 Å². The Labute approximate surface area is 108 Å². The minimum Gasteiger partial charge on any atom is -0.496 e. The van der Waals surface area contributed by atoms with Gasteiger partial charge in [0.2, 0.25) is 0 Å². The van der Waals surface area contributed by atoms with Gasteiger partial charge in [0.25, 0.3) is 0 Å². The Bertz CT molecular complexity index is 621. The average Bonchev–Trinajstić information content (AvgIpc) is 2.87. The number of hydrogen-bond donors (Lipinski definition) is 0. The third-order valence-electron chi connectivity index (χ3n) is 2.59. The molecule has 1 aromatic heterocycles. The van der Waals surface area contributed by atoms with Crippen molar-refractivity contribution < 1.29 is 14.5 Å². The number of nitro groups is 1.